The van der Waals surface area contributed by atoms with Crippen LogP contribution in [0.2, 0.25) is 0 Å². The first-order valence-electron chi connectivity index (χ1n) is 5.98. The number of hydrogen-bond acceptors (Lipinski definition) is 3. The second-order valence-electron chi connectivity index (χ2n) is 4.24. The molecule has 0 aliphatic heterocycles. The molecule has 0 spiro atoms. The Kier molecular flexibility index (Phi) is 6.16. The van der Waals surface area contributed by atoms with Gasteiger partial charge in [-0.05, 0) is 5.56 Å². The van der Waals surface area contributed by atoms with Crippen molar-refractivity contribution in [2.45, 2.75) is 18.6 Å². The molecule has 5 nitrogen and oxygen atoms in total. The van der Waals surface area contributed by atoms with Crippen LogP contribution in [0.5, 0.6) is 0 Å². The normalized spacial score (nSPS) is 12.7. The van der Waals surface area contributed by atoms with Gasteiger partial charge in [0.15, 0.2) is 0 Å². The molecule has 0 aliphatic rings. The van der Waals surface area contributed by atoms with Crippen LogP contribution in [-0.2, 0) is 14.3 Å². The lowest BCUT2D eigenvalue weighted by Crippen LogP contribution is -2.34. The van der Waals surface area contributed by atoms with Crippen molar-refractivity contribution in [3.05, 3.63) is 35.9 Å². The molecule has 0 bridgehead atoms. The van der Waals surface area contributed by atoms with Gasteiger partial charge in [0.2, 0.25) is 5.91 Å². The standard InChI is InChI=1S/C13H14F3NO4/c14-13(15,16)8-21-7-11(18)17-10(6-12(19)20)9-4-2-1-3-5-9/h1-5,10H,6-8H2,(H,17,18)(H,19,20). The molecule has 0 aliphatic carbocycles. The van der Waals surface area contributed by atoms with Crippen LogP contribution < -0.4 is 5.32 Å². The van der Waals surface area contributed by atoms with Gasteiger partial charge in [-0.3, -0.25) is 9.59 Å². The largest absolute Gasteiger partial charge is 0.481 e. The number of carbonyl (C=O) groups excluding carboxylic acids is 1. The Morgan fingerprint density at radius 1 is 1.24 bits per heavy atom. The highest BCUT2D eigenvalue weighted by Gasteiger charge is 2.28. The lowest BCUT2D eigenvalue weighted by atomic mass is 10.0. The van der Waals surface area contributed by atoms with Crippen molar-refractivity contribution < 1.29 is 32.6 Å². The molecule has 1 rings (SSSR count). The number of carbonyl (C=O) groups is 2. The van der Waals surface area contributed by atoms with Crippen LogP contribution in [0.15, 0.2) is 30.3 Å². The smallest absolute Gasteiger partial charge is 0.411 e. The molecule has 0 heterocycles. The van der Waals surface area contributed by atoms with Crippen molar-refractivity contribution in [1.29, 1.82) is 0 Å². The Morgan fingerprint density at radius 3 is 2.38 bits per heavy atom. The maximum atomic E-state index is 11.9. The summed E-state index contributed by atoms with van der Waals surface area (Å²) < 4.78 is 39.8. The number of halogens is 3. The van der Waals surface area contributed by atoms with Gasteiger partial charge >= 0.3 is 12.1 Å². The summed E-state index contributed by atoms with van der Waals surface area (Å²) in [6.07, 6.45) is -4.89. The lowest BCUT2D eigenvalue weighted by Gasteiger charge is -2.17. The van der Waals surface area contributed by atoms with E-state index in [-0.39, 0.29) is 6.42 Å². The fourth-order valence-corrected chi connectivity index (χ4v) is 1.61. The number of nitrogens with one attached hydrogen (secondary N) is 1. The molecule has 1 aromatic carbocycles. The zero-order valence-electron chi connectivity index (χ0n) is 10.9. The van der Waals surface area contributed by atoms with Crippen molar-refractivity contribution in [2.24, 2.45) is 0 Å². The highest BCUT2D eigenvalue weighted by Crippen LogP contribution is 2.17. The molecule has 1 atom stereocenters. The van der Waals surface area contributed by atoms with E-state index in [4.69, 9.17) is 5.11 Å². The Morgan fingerprint density at radius 2 is 1.86 bits per heavy atom. The minimum absolute atomic E-state index is 0.380. The Labute approximate surface area is 118 Å². The third kappa shape index (κ3) is 7.31. The van der Waals surface area contributed by atoms with Crippen LogP contribution in [0, 0.1) is 0 Å². The fraction of sp³-hybridized carbons (Fsp3) is 0.385. The van der Waals surface area contributed by atoms with Gasteiger partial charge in [0.05, 0.1) is 12.5 Å². The first-order valence-corrected chi connectivity index (χ1v) is 5.98. The number of alkyl halides is 3. The molecular weight excluding hydrogens is 291 g/mol. The third-order valence-electron chi connectivity index (χ3n) is 2.41. The maximum absolute atomic E-state index is 11.9. The molecule has 2 N–H and O–H groups in total. The van der Waals surface area contributed by atoms with E-state index in [1.165, 1.54) is 0 Å². The van der Waals surface area contributed by atoms with Gasteiger partial charge in [0.25, 0.3) is 0 Å². The molecule has 0 fully saturated rings. The van der Waals surface area contributed by atoms with E-state index in [9.17, 15) is 22.8 Å². The predicted molar refractivity (Wildman–Crippen MR) is 66.5 cm³/mol. The van der Waals surface area contributed by atoms with Gasteiger partial charge in [-0.2, -0.15) is 13.2 Å². The van der Waals surface area contributed by atoms with E-state index in [0.29, 0.717) is 5.56 Å². The number of benzene rings is 1. The summed E-state index contributed by atoms with van der Waals surface area (Å²) in [6, 6.07) is 7.45. The molecule has 116 valence electrons. The summed E-state index contributed by atoms with van der Waals surface area (Å²) in [5, 5.41) is 11.1. The Hall–Kier alpha value is -2.09. The average Bonchev–Trinajstić information content (AvgIpc) is 2.37. The topological polar surface area (TPSA) is 75.6 Å². The van der Waals surface area contributed by atoms with E-state index in [0.717, 1.165) is 0 Å². The van der Waals surface area contributed by atoms with Gasteiger partial charge in [0.1, 0.15) is 13.2 Å². The third-order valence-corrected chi connectivity index (χ3v) is 2.41. The van der Waals surface area contributed by atoms with Crippen LogP contribution >= 0.6 is 0 Å². The quantitative estimate of drug-likeness (QED) is 0.806. The summed E-state index contributed by atoms with van der Waals surface area (Å²) >= 11 is 0. The number of aliphatic carboxylic acids is 1. The van der Waals surface area contributed by atoms with Crippen molar-refractivity contribution in [2.75, 3.05) is 13.2 Å². The Balaban J connectivity index is 2.57. The minimum atomic E-state index is -4.51. The molecule has 1 amide bonds. The first-order chi connectivity index (χ1) is 9.78. The summed E-state index contributed by atoms with van der Waals surface area (Å²) in [5.41, 5.74) is 0.545. The van der Waals surface area contributed by atoms with Crippen LogP contribution in [0.1, 0.15) is 18.0 Å². The highest BCUT2D eigenvalue weighted by atomic mass is 19.4. The molecule has 0 aromatic heterocycles. The zero-order valence-corrected chi connectivity index (χ0v) is 10.9. The SMILES string of the molecule is O=C(O)CC(NC(=O)COCC(F)(F)F)c1ccccc1. The maximum Gasteiger partial charge on any atom is 0.411 e. The molecule has 1 aromatic rings. The van der Waals surface area contributed by atoms with Gasteiger partial charge < -0.3 is 15.2 Å². The van der Waals surface area contributed by atoms with Gasteiger partial charge in [-0.25, -0.2) is 0 Å². The summed E-state index contributed by atoms with van der Waals surface area (Å²) in [4.78, 5) is 22.3. The second kappa shape index (κ2) is 7.63. The van der Waals surface area contributed by atoms with E-state index < -0.39 is 37.3 Å². The van der Waals surface area contributed by atoms with E-state index in [1.807, 2.05) is 0 Å². The van der Waals surface area contributed by atoms with Gasteiger partial charge in [-0.15, -0.1) is 0 Å². The monoisotopic (exact) mass is 305 g/mol. The van der Waals surface area contributed by atoms with Crippen LogP contribution in [-0.4, -0.2) is 36.4 Å². The number of amides is 1. The van der Waals surface area contributed by atoms with Crippen LogP contribution in [0.4, 0.5) is 13.2 Å². The van der Waals surface area contributed by atoms with Gasteiger partial charge in [0, 0.05) is 0 Å². The summed E-state index contributed by atoms with van der Waals surface area (Å²) in [6.45, 7) is -2.32. The number of rotatable bonds is 7. The van der Waals surface area contributed by atoms with Crippen LogP contribution in [0.25, 0.3) is 0 Å². The second-order valence-corrected chi connectivity index (χ2v) is 4.24. The molecular formula is C13H14F3NO4. The average molecular weight is 305 g/mol. The zero-order chi connectivity index (χ0) is 15.9. The van der Waals surface area contributed by atoms with Crippen LogP contribution in [0.3, 0.4) is 0 Å². The number of carboxylic acid groups (broad SMARTS) is 1. The van der Waals surface area contributed by atoms with Crippen molar-refractivity contribution in [3.8, 4) is 0 Å². The molecule has 21 heavy (non-hydrogen) atoms. The number of hydrogen-bond donors (Lipinski definition) is 2. The molecule has 0 saturated heterocycles. The molecule has 0 radical (unpaired) electrons. The van der Waals surface area contributed by atoms with E-state index in [2.05, 4.69) is 10.1 Å². The first kappa shape index (κ1) is 17.0. The van der Waals surface area contributed by atoms with Crippen molar-refractivity contribution >= 4 is 11.9 Å². The highest BCUT2D eigenvalue weighted by molar-refractivity contribution is 5.78. The Bertz CT molecular complexity index is 476. The van der Waals surface area contributed by atoms with Crippen molar-refractivity contribution in [1.82, 2.24) is 5.32 Å². The predicted octanol–water partition coefficient (Wildman–Crippen LogP) is 1.90. The van der Waals surface area contributed by atoms with E-state index >= 15 is 0 Å². The fourth-order valence-electron chi connectivity index (χ4n) is 1.61. The number of carboxylic acids is 1. The van der Waals surface area contributed by atoms with Crippen molar-refractivity contribution in [3.63, 3.8) is 0 Å². The molecule has 0 saturated carbocycles. The van der Waals surface area contributed by atoms with Gasteiger partial charge in [-0.1, -0.05) is 30.3 Å². The lowest BCUT2D eigenvalue weighted by molar-refractivity contribution is -0.175. The molecule has 1 unspecified atom stereocenters. The van der Waals surface area contributed by atoms with E-state index in [1.54, 1.807) is 30.3 Å². The number of ether oxygens (including phenoxy) is 1. The minimum Gasteiger partial charge on any atom is -0.481 e. The summed E-state index contributed by atoms with van der Waals surface area (Å²) in [7, 11) is 0. The summed E-state index contributed by atoms with van der Waals surface area (Å²) in [5.74, 6) is -1.95. The molecule has 8 heteroatoms.